The summed E-state index contributed by atoms with van der Waals surface area (Å²) in [7, 11) is 0. The molecule has 7 heteroatoms. The van der Waals surface area contributed by atoms with Gasteiger partial charge in [-0.15, -0.1) is 0 Å². The zero-order valence-corrected chi connectivity index (χ0v) is 30.0. The van der Waals surface area contributed by atoms with Gasteiger partial charge in [-0.3, -0.25) is 9.59 Å². The molecule has 2 atom stereocenters. The van der Waals surface area contributed by atoms with Gasteiger partial charge in [0.2, 0.25) is 5.91 Å². The van der Waals surface area contributed by atoms with E-state index in [2.05, 4.69) is 90.9 Å². The second-order valence-corrected chi connectivity index (χ2v) is 15.5. The van der Waals surface area contributed by atoms with Crippen molar-refractivity contribution in [3.63, 3.8) is 0 Å². The number of anilines is 1. The van der Waals surface area contributed by atoms with Crippen molar-refractivity contribution in [2.45, 2.75) is 94.1 Å². The minimum Gasteiger partial charge on any atom is -0.493 e. The molecule has 44 heavy (non-hydrogen) atoms. The number of amides is 1. The van der Waals surface area contributed by atoms with E-state index in [1.807, 2.05) is 60.7 Å². The first-order valence-electron chi connectivity index (χ1n) is 15.4. The summed E-state index contributed by atoms with van der Waals surface area (Å²) in [6, 6.07) is 23.5. The van der Waals surface area contributed by atoms with E-state index in [9.17, 15) is 9.59 Å². The second kappa shape index (κ2) is 16.1. The normalized spacial score (nSPS) is 15.4. The lowest BCUT2D eigenvalue weighted by Crippen LogP contribution is -2.17. The SMILES string of the molecule is CC(C)(C)c1ccc(C(Br)C(=O)Nc2ccc(OCC3CCCCC3)cc2)cc1.CC(C)(C)c1ccc(C(Br)C(=O)O)cc1. The van der Waals surface area contributed by atoms with Crippen LogP contribution in [-0.2, 0) is 20.4 Å². The number of hydrogen-bond acceptors (Lipinski definition) is 3. The molecule has 1 aliphatic carbocycles. The van der Waals surface area contributed by atoms with Crippen LogP contribution < -0.4 is 10.1 Å². The van der Waals surface area contributed by atoms with Crippen LogP contribution in [0.2, 0.25) is 0 Å². The quantitative estimate of drug-likeness (QED) is 0.226. The van der Waals surface area contributed by atoms with Crippen LogP contribution in [0.5, 0.6) is 5.75 Å². The lowest BCUT2D eigenvalue weighted by molar-refractivity contribution is -0.136. The lowest BCUT2D eigenvalue weighted by Gasteiger charge is -2.21. The third kappa shape index (κ3) is 11.1. The number of alkyl halides is 2. The van der Waals surface area contributed by atoms with Gasteiger partial charge in [0.25, 0.3) is 0 Å². The Labute approximate surface area is 280 Å². The van der Waals surface area contributed by atoms with Gasteiger partial charge in [0, 0.05) is 5.69 Å². The Morgan fingerprint density at radius 2 is 1.20 bits per heavy atom. The predicted octanol–water partition coefficient (Wildman–Crippen LogP) is 10.5. The molecular weight excluding hydrogens is 682 g/mol. The van der Waals surface area contributed by atoms with Gasteiger partial charge >= 0.3 is 5.97 Å². The van der Waals surface area contributed by atoms with E-state index < -0.39 is 15.6 Å². The standard InChI is InChI=1S/C25H32BrNO2.C12H15BrO2/c1-25(2,3)20-11-9-19(10-12-20)23(26)24(28)27-21-13-15-22(16-14-21)29-17-18-7-5-4-6-8-18;1-12(2,3)9-6-4-8(5-7-9)10(13)11(14)15/h9-16,18,23H,4-8,17H2,1-3H3,(H,27,28);4-7,10H,1-3H3,(H,14,15). The molecule has 1 amide bonds. The van der Waals surface area contributed by atoms with Gasteiger partial charge in [-0.1, -0.05) is 141 Å². The van der Waals surface area contributed by atoms with Gasteiger partial charge < -0.3 is 15.2 Å². The van der Waals surface area contributed by atoms with Crippen LogP contribution in [0, 0.1) is 5.92 Å². The molecule has 0 spiro atoms. The van der Waals surface area contributed by atoms with E-state index in [4.69, 9.17) is 9.84 Å². The summed E-state index contributed by atoms with van der Waals surface area (Å²) in [4.78, 5) is 22.3. The first-order valence-corrected chi connectivity index (χ1v) is 17.2. The topological polar surface area (TPSA) is 75.6 Å². The minimum absolute atomic E-state index is 0.0793. The average Bonchev–Trinajstić information content (AvgIpc) is 3.00. The summed E-state index contributed by atoms with van der Waals surface area (Å²) in [5.41, 5.74) is 5.16. The van der Waals surface area contributed by atoms with Gasteiger partial charge in [0.05, 0.1) is 6.61 Å². The number of aliphatic carboxylic acids is 1. The second-order valence-electron chi connectivity index (χ2n) is 13.6. The molecule has 0 saturated heterocycles. The monoisotopic (exact) mass is 727 g/mol. The highest BCUT2D eigenvalue weighted by atomic mass is 79.9. The van der Waals surface area contributed by atoms with Crippen molar-refractivity contribution >= 4 is 49.4 Å². The molecule has 0 aliphatic heterocycles. The third-order valence-corrected chi connectivity index (χ3v) is 9.78. The third-order valence-electron chi connectivity index (χ3n) is 7.92. The van der Waals surface area contributed by atoms with Gasteiger partial charge in [0.1, 0.15) is 15.4 Å². The van der Waals surface area contributed by atoms with Crippen molar-refractivity contribution in [3.05, 3.63) is 95.1 Å². The first kappa shape index (κ1) is 35.8. The van der Waals surface area contributed by atoms with Crippen LogP contribution in [0.25, 0.3) is 0 Å². The molecule has 238 valence electrons. The average molecular weight is 730 g/mol. The highest BCUT2D eigenvalue weighted by Gasteiger charge is 2.20. The van der Waals surface area contributed by atoms with E-state index in [1.54, 1.807) is 0 Å². The molecule has 0 radical (unpaired) electrons. The van der Waals surface area contributed by atoms with Crippen LogP contribution in [0.3, 0.4) is 0 Å². The van der Waals surface area contributed by atoms with E-state index in [-0.39, 0.29) is 16.7 Å². The number of carboxylic acid groups (broad SMARTS) is 1. The molecule has 3 aromatic rings. The van der Waals surface area contributed by atoms with Crippen molar-refractivity contribution in [2.24, 2.45) is 5.92 Å². The lowest BCUT2D eigenvalue weighted by atomic mass is 9.86. The number of nitrogens with one attached hydrogen (secondary N) is 1. The fraction of sp³-hybridized carbons (Fsp3) is 0.459. The van der Waals surface area contributed by atoms with Crippen LogP contribution in [-0.4, -0.2) is 23.6 Å². The predicted molar refractivity (Wildman–Crippen MR) is 188 cm³/mol. The van der Waals surface area contributed by atoms with Crippen molar-refractivity contribution in [1.82, 2.24) is 0 Å². The zero-order valence-electron chi connectivity index (χ0n) is 26.8. The largest absolute Gasteiger partial charge is 0.493 e. The van der Waals surface area contributed by atoms with Gasteiger partial charge in [-0.25, -0.2) is 0 Å². The van der Waals surface area contributed by atoms with Crippen molar-refractivity contribution in [1.29, 1.82) is 0 Å². The van der Waals surface area contributed by atoms with Crippen molar-refractivity contribution in [2.75, 3.05) is 11.9 Å². The molecule has 0 heterocycles. The van der Waals surface area contributed by atoms with Gasteiger partial charge in [-0.05, 0) is 76.1 Å². The minimum atomic E-state index is -0.862. The summed E-state index contributed by atoms with van der Waals surface area (Å²) in [6.45, 7) is 13.7. The maximum absolute atomic E-state index is 12.6. The molecule has 0 aromatic heterocycles. The number of carboxylic acids is 1. The number of ether oxygens (including phenoxy) is 1. The Hall–Kier alpha value is -2.64. The number of halogens is 2. The molecule has 1 fully saturated rings. The van der Waals surface area contributed by atoms with E-state index in [0.29, 0.717) is 5.92 Å². The fourth-order valence-electron chi connectivity index (χ4n) is 5.01. The van der Waals surface area contributed by atoms with Crippen LogP contribution in [0.1, 0.15) is 106 Å². The Kier molecular flexibility index (Phi) is 13.1. The zero-order chi connectivity index (χ0) is 32.5. The molecular formula is C37H47Br2NO4. The summed E-state index contributed by atoms with van der Waals surface area (Å²) in [5.74, 6) is 0.603. The highest BCUT2D eigenvalue weighted by Crippen LogP contribution is 2.30. The first-order chi connectivity index (χ1) is 20.6. The van der Waals surface area contributed by atoms with Crippen molar-refractivity contribution in [3.8, 4) is 5.75 Å². The van der Waals surface area contributed by atoms with E-state index >= 15 is 0 Å². The van der Waals surface area contributed by atoms with Crippen LogP contribution in [0.4, 0.5) is 5.69 Å². The van der Waals surface area contributed by atoms with Crippen LogP contribution >= 0.6 is 31.9 Å². The Morgan fingerprint density at radius 3 is 1.64 bits per heavy atom. The molecule has 5 nitrogen and oxygen atoms in total. The molecule has 2 N–H and O–H groups in total. The Morgan fingerprint density at radius 1 is 0.750 bits per heavy atom. The molecule has 3 aromatic carbocycles. The van der Waals surface area contributed by atoms with E-state index in [0.717, 1.165) is 29.2 Å². The summed E-state index contributed by atoms with van der Waals surface area (Å²) in [6.07, 6.45) is 6.56. The number of carbonyl (C=O) groups excluding carboxylic acids is 1. The van der Waals surface area contributed by atoms with E-state index in [1.165, 1.54) is 43.2 Å². The molecule has 0 bridgehead atoms. The van der Waals surface area contributed by atoms with Gasteiger partial charge in [0.15, 0.2) is 0 Å². The maximum Gasteiger partial charge on any atom is 0.321 e. The molecule has 1 saturated carbocycles. The Bertz CT molecular complexity index is 1330. The number of rotatable bonds is 8. The van der Waals surface area contributed by atoms with Crippen LogP contribution in [0.15, 0.2) is 72.8 Å². The molecule has 1 aliphatic rings. The number of benzene rings is 3. The van der Waals surface area contributed by atoms with Crippen molar-refractivity contribution < 1.29 is 19.4 Å². The summed E-state index contributed by atoms with van der Waals surface area (Å²) < 4.78 is 5.94. The highest BCUT2D eigenvalue weighted by molar-refractivity contribution is 9.09. The fourth-order valence-corrected chi connectivity index (χ4v) is 5.73. The molecule has 4 rings (SSSR count). The number of hydrogen-bond donors (Lipinski definition) is 2. The maximum atomic E-state index is 12.6. The summed E-state index contributed by atoms with van der Waals surface area (Å²) >= 11 is 6.66. The Balaban J connectivity index is 0.000000297. The number of carbonyl (C=O) groups is 2. The summed E-state index contributed by atoms with van der Waals surface area (Å²) in [5, 5.41) is 11.8. The molecule has 2 unspecified atom stereocenters. The smallest absolute Gasteiger partial charge is 0.321 e. The van der Waals surface area contributed by atoms with Gasteiger partial charge in [-0.2, -0.15) is 0 Å².